The van der Waals surface area contributed by atoms with Crippen molar-refractivity contribution < 1.29 is 42.3 Å². The monoisotopic (exact) mass is 624 g/mol. The van der Waals surface area contributed by atoms with E-state index in [1.807, 2.05) is 21.2 Å². The van der Waals surface area contributed by atoms with Gasteiger partial charge in [-0.15, -0.1) is 0 Å². The first-order valence-electron chi connectivity index (χ1n) is 11.0. The maximum atomic E-state index is 12.9. The van der Waals surface area contributed by atoms with Crippen molar-refractivity contribution in [2.24, 2.45) is 0 Å². The van der Waals surface area contributed by atoms with Gasteiger partial charge in [0.1, 0.15) is 24.7 Å². The summed E-state index contributed by atoms with van der Waals surface area (Å²) in [5.74, 6) is -1.27. The number of likely N-dealkylation sites (N-methyl/N-ethyl adjacent to an activating group) is 1. The number of benzene rings is 1. The van der Waals surface area contributed by atoms with Gasteiger partial charge in [-0.3, -0.25) is 19.3 Å². The lowest BCUT2D eigenvalue weighted by Crippen LogP contribution is -2.48. The number of imide groups is 1. The highest BCUT2D eigenvalue weighted by atomic mass is 127. The Labute approximate surface area is 220 Å². The van der Waals surface area contributed by atoms with Crippen molar-refractivity contribution in [2.45, 2.75) is 18.9 Å². The predicted octanol–water partition coefficient (Wildman–Crippen LogP) is 1.82. The quantitative estimate of drug-likeness (QED) is 0.0800. The average Bonchev–Trinajstić information content (AvgIpc) is 3.11. The lowest BCUT2D eigenvalue weighted by atomic mass is 10.1. The molecule has 1 unspecified atom stereocenters. The van der Waals surface area contributed by atoms with E-state index in [0.717, 1.165) is 4.90 Å². The molecule has 0 fully saturated rings. The average molecular weight is 624 g/mol. The molecule has 0 bridgehead atoms. The van der Waals surface area contributed by atoms with Crippen LogP contribution in [-0.4, -0.2) is 94.9 Å². The van der Waals surface area contributed by atoms with Gasteiger partial charge in [0.2, 0.25) is 5.91 Å². The number of hydrogen-bond acceptors (Lipinski definition) is 10. The molecule has 0 spiro atoms. The number of aldehydes is 1. The van der Waals surface area contributed by atoms with Crippen LogP contribution in [0, 0.1) is 0 Å². The van der Waals surface area contributed by atoms with Crippen LogP contribution >= 0.6 is 30.4 Å². The molecule has 1 aliphatic heterocycles. The van der Waals surface area contributed by atoms with Gasteiger partial charge >= 0.3 is 0 Å². The van der Waals surface area contributed by atoms with Crippen LogP contribution in [0.1, 0.15) is 33.6 Å². The molecule has 1 heterocycles. The summed E-state index contributed by atoms with van der Waals surface area (Å²) in [6, 6.07) is 3.50. The molecule has 0 saturated carbocycles. The molecule has 1 aliphatic rings. The Kier molecular flexibility index (Phi) is 14.1. The summed E-state index contributed by atoms with van der Waals surface area (Å²) in [5.41, 5.74) is 0.347. The zero-order valence-electron chi connectivity index (χ0n) is 19.4. The minimum absolute atomic E-state index is 0.0478. The standard InChI is InChI=1S/C22H29IN2O9S/c1-24-20(27)19(3-2-6-26)25-21(28)17-5-4-16(15-18(17)22(25)29)33-13-11-31-9-7-30-8-10-32-12-14-34-35-23/h4-6,15,19H,2-3,7-14H2,1H3,(H,24,27). The van der Waals surface area contributed by atoms with E-state index in [4.69, 9.17) is 23.1 Å². The Morgan fingerprint density at radius 1 is 1.00 bits per heavy atom. The summed E-state index contributed by atoms with van der Waals surface area (Å²) in [4.78, 5) is 49.6. The molecular formula is C22H29IN2O9S. The predicted molar refractivity (Wildman–Crippen MR) is 136 cm³/mol. The topological polar surface area (TPSA) is 130 Å². The molecular weight excluding hydrogens is 595 g/mol. The third-order valence-corrected chi connectivity index (χ3v) is 5.92. The van der Waals surface area contributed by atoms with Gasteiger partial charge in [0, 0.05) is 34.7 Å². The number of rotatable bonds is 19. The summed E-state index contributed by atoms with van der Waals surface area (Å²) in [6.45, 7) is 3.36. The summed E-state index contributed by atoms with van der Waals surface area (Å²) >= 11 is 2.04. The number of amides is 3. The van der Waals surface area contributed by atoms with Crippen molar-refractivity contribution in [1.82, 2.24) is 10.2 Å². The van der Waals surface area contributed by atoms with Crippen molar-refractivity contribution in [1.29, 1.82) is 0 Å². The zero-order valence-corrected chi connectivity index (χ0v) is 22.3. The number of fused-ring (bicyclic) bond motifs is 1. The Hall–Kier alpha value is -1.78. The van der Waals surface area contributed by atoms with Gasteiger partial charge in [-0.25, -0.2) is 0 Å². The van der Waals surface area contributed by atoms with Gasteiger partial charge in [0.15, 0.2) is 0 Å². The van der Waals surface area contributed by atoms with Crippen molar-refractivity contribution >= 4 is 54.4 Å². The second kappa shape index (κ2) is 16.8. The van der Waals surface area contributed by atoms with Gasteiger partial charge in [-0.2, -0.15) is 0 Å². The minimum atomic E-state index is -1.06. The molecule has 13 heteroatoms. The molecule has 1 N–H and O–H groups in total. The van der Waals surface area contributed by atoms with Crippen molar-refractivity contribution in [3.63, 3.8) is 0 Å². The van der Waals surface area contributed by atoms with Gasteiger partial charge in [-0.05, 0) is 24.6 Å². The molecule has 1 aromatic rings. The Bertz CT molecular complexity index is 858. The molecule has 11 nitrogen and oxygen atoms in total. The lowest BCUT2D eigenvalue weighted by molar-refractivity contribution is -0.124. The van der Waals surface area contributed by atoms with E-state index in [1.165, 1.54) is 28.4 Å². The highest BCUT2D eigenvalue weighted by molar-refractivity contribution is 14.2. The minimum Gasteiger partial charge on any atom is -0.491 e. The van der Waals surface area contributed by atoms with Crippen LogP contribution in [0.3, 0.4) is 0 Å². The van der Waals surface area contributed by atoms with Gasteiger partial charge in [-0.1, -0.05) is 0 Å². The summed E-state index contributed by atoms with van der Waals surface area (Å²) < 4.78 is 26.9. The van der Waals surface area contributed by atoms with E-state index in [9.17, 15) is 19.2 Å². The van der Waals surface area contributed by atoms with Crippen LogP contribution in [-0.2, 0) is 28.0 Å². The van der Waals surface area contributed by atoms with Crippen LogP contribution in [0.2, 0.25) is 0 Å². The molecule has 194 valence electrons. The van der Waals surface area contributed by atoms with Crippen molar-refractivity contribution in [3.8, 4) is 5.75 Å². The number of nitrogens with zero attached hydrogens (tertiary/aromatic N) is 1. The highest BCUT2D eigenvalue weighted by Gasteiger charge is 2.42. The fourth-order valence-electron chi connectivity index (χ4n) is 3.27. The largest absolute Gasteiger partial charge is 0.491 e. The number of nitrogens with one attached hydrogen (secondary N) is 1. The SMILES string of the molecule is CNC(=O)C(CCC=O)N1C(=O)c2ccc(OCCOCCOCCOCCOSI)cc2C1=O. The molecule has 0 saturated heterocycles. The summed E-state index contributed by atoms with van der Waals surface area (Å²) in [6.07, 6.45) is 0.748. The van der Waals surface area contributed by atoms with E-state index >= 15 is 0 Å². The van der Waals surface area contributed by atoms with E-state index in [1.54, 1.807) is 6.07 Å². The summed E-state index contributed by atoms with van der Waals surface area (Å²) in [5, 5.41) is 2.44. The first-order valence-corrected chi connectivity index (χ1v) is 14.3. The molecule has 3 amide bonds. The first kappa shape index (κ1) is 29.5. The third-order valence-electron chi connectivity index (χ3n) is 4.90. The van der Waals surface area contributed by atoms with Crippen LogP contribution in [0.25, 0.3) is 0 Å². The molecule has 0 aromatic heterocycles. The fraction of sp³-hybridized carbons (Fsp3) is 0.545. The van der Waals surface area contributed by atoms with E-state index < -0.39 is 23.8 Å². The molecule has 1 atom stereocenters. The Balaban J connectivity index is 1.73. The van der Waals surface area contributed by atoms with Crippen LogP contribution in [0.5, 0.6) is 5.75 Å². The van der Waals surface area contributed by atoms with Crippen LogP contribution in [0.15, 0.2) is 18.2 Å². The number of halogens is 1. The highest BCUT2D eigenvalue weighted by Crippen LogP contribution is 2.29. The van der Waals surface area contributed by atoms with E-state index in [-0.39, 0.29) is 30.6 Å². The van der Waals surface area contributed by atoms with Crippen molar-refractivity contribution in [3.05, 3.63) is 29.3 Å². The second-order valence-electron chi connectivity index (χ2n) is 7.13. The molecule has 35 heavy (non-hydrogen) atoms. The first-order chi connectivity index (χ1) is 17.0. The number of carbonyl (C=O) groups is 4. The lowest BCUT2D eigenvalue weighted by Gasteiger charge is -2.24. The summed E-state index contributed by atoms with van der Waals surface area (Å²) in [7, 11) is 2.68. The van der Waals surface area contributed by atoms with Gasteiger partial charge < -0.3 is 33.2 Å². The normalized spacial score (nSPS) is 13.6. The molecule has 1 aromatic carbocycles. The van der Waals surface area contributed by atoms with Crippen LogP contribution < -0.4 is 10.1 Å². The van der Waals surface area contributed by atoms with Crippen molar-refractivity contribution in [2.75, 3.05) is 59.9 Å². The number of carbonyl (C=O) groups excluding carboxylic acids is 4. The maximum Gasteiger partial charge on any atom is 0.262 e. The zero-order chi connectivity index (χ0) is 25.5. The van der Waals surface area contributed by atoms with Gasteiger partial charge in [0.05, 0.1) is 66.6 Å². The van der Waals surface area contributed by atoms with E-state index in [2.05, 4.69) is 5.32 Å². The van der Waals surface area contributed by atoms with Crippen LogP contribution in [0.4, 0.5) is 0 Å². The smallest absolute Gasteiger partial charge is 0.262 e. The number of ether oxygens (including phenoxy) is 4. The second-order valence-corrected chi connectivity index (χ2v) is 8.57. The molecule has 0 aliphatic carbocycles. The maximum absolute atomic E-state index is 12.9. The Morgan fingerprint density at radius 2 is 1.60 bits per heavy atom. The van der Waals surface area contributed by atoms with Gasteiger partial charge in [0.25, 0.3) is 11.8 Å². The Morgan fingerprint density at radius 3 is 2.20 bits per heavy atom. The third kappa shape index (κ3) is 9.31. The molecule has 0 radical (unpaired) electrons. The number of hydrogen-bond donors (Lipinski definition) is 1. The molecule has 2 rings (SSSR count). The van der Waals surface area contributed by atoms with E-state index in [0.29, 0.717) is 58.3 Å². The fourth-order valence-corrected chi connectivity index (χ4v) is 3.94.